The average Bonchev–Trinajstić information content (AvgIpc) is 3.61. The molecule has 0 radical (unpaired) electrons. The third kappa shape index (κ3) is 3.43. The minimum atomic E-state index is -0.179. The third-order valence-corrected chi connectivity index (χ3v) is 6.65. The molecule has 1 saturated carbocycles. The number of rotatable bonds is 4. The van der Waals surface area contributed by atoms with Gasteiger partial charge in [0.05, 0.1) is 22.9 Å². The number of nitrogens with zero attached hydrogens (tertiary/aromatic N) is 6. The lowest BCUT2D eigenvalue weighted by Crippen LogP contribution is -2.29. The highest BCUT2D eigenvalue weighted by Crippen LogP contribution is 2.36. The molecule has 1 aliphatic carbocycles. The van der Waals surface area contributed by atoms with Crippen molar-refractivity contribution >= 4 is 45.3 Å². The van der Waals surface area contributed by atoms with E-state index in [1.54, 1.807) is 7.05 Å². The number of amides is 1. The molecule has 1 amide bonds. The molecule has 2 fully saturated rings. The number of carbonyl (C=O) groups excluding carboxylic acids is 1. The summed E-state index contributed by atoms with van der Waals surface area (Å²) in [5, 5.41) is 6.35. The van der Waals surface area contributed by atoms with Gasteiger partial charge in [0.1, 0.15) is 16.9 Å². The molecule has 0 bridgehead atoms. The summed E-state index contributed by atoms with van der Waals surface area (Å²) in [5.41, 5.74) is 5.03. The summed E-state index contributed by atoms with van der Waals surface area (Å²) in [6, 6.07) is 8.29. The maximum absolute atomic E-state index is 13.1. The van der Waals surface area contributed by atoms with E-state index in [4.69, 9.17) is 15.0 Å². The Labute approximate surface area is 191 Å². The predicted octanol–water partition coefficient (Wildman–Crippen LogP) is 2.51. The molecule has 6 rings (SSSR count). The number of hydrogen-bond acceptors (Lipinski definition) is 7. The highest BCUT2D eigenvalue weighted by atomic mass is 16.1. The van der Waals surface area contributed by atoms with Crippen molar-refractivity contribution in [2.75, 3.05) is 50.5 Å². The van der Waals surface area contributed by atoms with Gasteiger partial charge in [0, 0.05) is 32.7 Å². The molecule has 4 aromatic rings. The van der Waals surface area contributed by atoms with Crippen molar-refractivity contribution < 1.29 is 4.79 Å². The second-order valence-electron chi connectivity index (χ2n) is 9.05. The molecule has 0 atom stereocenters. The summed E-state index contributed by atoms with van der Waals surface area (Å²) in [7, 11) is 3.81. The van der Waals surface area contributed by atoms with Crippen LogP contribution in [0.1, 0.15) is 29.6 Å². The van der Waals surface area contributed by atoms with Crippen LogP contribution in [-0.4, -0.2) is 76.5 Å². The SMILES string of the molecule is CNC(=O)c1c(NC2CC2)c2ncc(N3CCCN(C)CC3)nc2n2c1nc1ccccc12. The van der Waals surface area contributed by atoms with Crippen molar-refractivity contribution in [1.82, 2.24) is 29.6 Å². The van der Waals surface area contributed by atoms with Gasteiger partial charge in [-0.1, -0.05) is 12.1 Å². The van der Waals surface area contributed by atoms with E-state index in [1.165, 1.54) is 0 Å². The number of likely N-dealkylation sites (N-methyl/N-ethyl adjacent to an activating group) is 1. The Hall–Kier alpha value is -3.46. The molecule has 33 heavy (non-hydrogen) atoms. The Morgan fingerprint density at radius 1 is 1.06 bits per heavy atom. The number of imidazole rings is 1. The van der Waals surface area contributed by atoms with Gasteiger partial charge in [0.2, 0.25) is 0 Å². The van der Waals surface area contributed by atoms with E-state index in [2.05, 4.69) is 27.5 Å². The van der Waals surface area contributed by atoms with Gasteiger partial charge in [-0.2, -0.15) is 0 Å². The summed E-state index contributed by atoms with van der Waals surface area (Å²) in [6.07, 6.45) is 5.11. The first kappa shape index (κ1) is 20.2. The number of pyridine rings is 1. The molecule has 2 aliphatic rings. The molecule has 0 unspecified atom stereocenters. The van der Waals surface area contributed by atoms with E-state index in [9.17, 15) is 4.79 Å². The van der Waals surface area contributed by atoms with Crippen LogP contribution in [0.3, 0.4) is 0 Å². The van der Waals surface area contributed by atoms with E-state index < -0.39 is 0 Å². The Bertz CT molecular complexity index is 1380. The Kier molecular flexibility index (Phi) is 4.79. The van der Waals surface area contributed by atoms with Crippen LogP contribution in [0.25, 0.3) is 27.8 Å². The predicted molar refractivity (Wildman–Crippen MR) is 130 cm³/mol. The third-order valence-electron chi connectivity index (χ3n) is 6.65. The smallest absolute Gasteiger partial charge is 0.257 e. The number of aromatic nitrogens is 4. The van der Waals surface area contributed by atoms with Crippen molar-refractivity contribution in [3.05, 3.63) is 36.0 Å². The quantitative estimate of drug-likeness (QED) is 0.500. The molecule has 4 heterocycles. The molecule has 9 heteroatoms. The molecule has 9 nitrogen and oxygen atoms in total. The second kappa shape index (κ2) is 7.84. The van der Waals surface area contributed by atoms with Gasteiger partial charge >= 0.3 is 0 Å². The summed E-state index contributed by atoms with van der Waals surface area (Å²) in [4.78, 5) is 32.6. The first-order valence-corrected chi connectivity index (χ1v) is 11.7. The highest BCUT2D eigenvalue weighted by molar-refractivity contribution is 6.12. The van der Waals surface area contributed by atoms with Gasteiger partial charge in [0.25, 0.3) is 5.91 Å². The molecular formula is C24H28N8O. The lowest BCUT2D eigenvalue weighted by Gasteiger charge is -2.22. The molecule has 3 aromatic heterocycles. The summed E-state index contributed by atoms with van der Waals surface area (Å²) in [6.45, 7) is 3.93. The fourth-order valence-electron chi connectivity index (χ4n) is 4.68. The van der Waals surface area contributed by atoms with Crippen LogP contribution < -0.4 is 15.5 Å². The normalized spacial score (nSPS) is 17.6. The van der Waals surface area contributed by atoms with Crippen LogP contribution in [-0.2, 0) is 0 Å². The maximum Gasteiger partial charge on any atom is 0.257 e. The maximum atomic E-state index is 13.1. The average molecular weight is 445 g/mol. The van der Waals surface area contributed by atoms with E-state index >= 15 is 0 Å². The number of carbonyl (C=O) groups is 1. The van der Waals surface area contributed by atoms with Crippen LogP contribution in [0.5, 0.6) is 0 Å². The van der Waals surface area contributed by atoms with Crippen molar-refractivity contribution in [2.45, 2.75) is 25.3 Å². The Balaban J connectivity index is 1.65. The molecule has 0 spiro atoms. The minimum absolute atomic E-state index is 0.179. The van der Waals surface area contributed by atoms with Crippen LogP contribution in [0.2, 0.25) is 0 Å². The van der Waals surface area contributed by atoms with Crippen molar-refractivity contribution in [3.8, 4) is 0 Å². The van der Waals surface area contributed by atoms with Crippen molar-refractivity contribution in [3.63, 3.8) is 0 Å². The molecule has 1 saturated heterocycles. The van der Waals surface area contributed by atoms with Crippen LogP contribution in [0.4, 0.5) is 11.5 Å². The fraction of sp³-hybridized carbons (Fsp3) is 0.417. The fourth-order valence-corrected chi connectivity index (χ4v) is 4.68. The zero-order valence-corrected chi connectivity index (χ0v) is 19.0. The Morgan fingerprint density at radius 3 is 2.73 bits per heavy atom. The zero-order valence-electron chi connectivity index (χ0n) is 19.0. The van der Waals surface area contributed by atoms with Crippen molar-refractivity contribution in [2.24, 2.45) is 0 Å². The van der Waals surface area contributed by atoms with Crippen LogP contribution in [0, 0.1) is 0 Å². The number of nitrogens with one attached hydrogen (secondary N) is 2. The molecule has 1 aromatic carbocycles. The summed E-state index contributed by atoms with van der Waals surface area (Å²) < 4.78 is 1.99. The number of anilines is 2. The minimum Gasteiger partial charge on any atom is -0.380 e. The van der Waals surface area contributed by atoms with Gasteiger partial charge in [-0.05, 0) is 45.0 Å². The van der Waals surface area contributed by atoms with Gasteiger partial charge in [0.15, 0.2) is 11.3 Å². The first-order chi connectivity index (χ1) is 16.1. The van der Waals surface area contributed by atoms with Crippen molar-refractivity contribution in [1.29, 1.82) is 0 Å². The zero-order chi connectivity index (χ0) is 22.5. The number of hydrogen-bond donors (Lipinski definition) is 2. The first-order valence-electron chi connectivity index (χ1n) is 11.7. The monoisotopic (exact) mass is 444 g/mol. The standard InChI is InChI=1S/C24H28N8O/c1-25-24(33)19-20(27-15-8-9-15)21-23(32-17-7-4-3-6-16(17)28-22(19)32)29-18(14-26-21)31-11-5-10-30(2)12-13-31/h3-4,6-7,14-15,27H,5,8-13H2,1-2H3,(H,25,33). The van der Waals surface area contributed by atoms with Crippen LogP contribution in [0.15, 0.2) is 30.5 Å². The topological polar surface area (TPSA) is 90.7 Å². The van der Waals surface area contributed by atoms with E-state index in [0.717, 1.165) is 73.6 Å². The second-order valence-corrected chi connectivity index (χ2v) is 9.05. The molecule has 170 valence electrons. The van der Waals surface area contributed by atoms with Gasteiger partial charge in [-0.3, -0.25) is 9.20 Å². The lowest BCUT2D eigenvalue weighted by molar-refractivity contribution is 0.0965. The Morgan fingerprint density at radius 2 is 1.91 bits per heavy atom. The van der Waals surface area contributed by atoms with Gasteiger partial charge in [-0.15, -0.1) is 0 Å². The summed E-state index contributed by atoms with van der Waals surface area (Å²) in [5.74, 6) is 0.684. The largest absolute Gasteiger partial charge is 0.380 e. The van der Waals surface area contributed by atoms with E-state index in [1.807, 2.05) is 34.9 Å². The molecule has 2 N–H and O–H groups in total. The van der Waals surface area contributed by atoms with Gasteiger partial charge in [-0.25, -0.2) is 15.0 Å². The number of para-hydroxylation sites is 2. The molecular weight excluding hydrogens is 416 g/mol. The van der Waals surface area contributed by atoms with Crippen LogP contribution >= 0.6 is 0 Å². The van der Waals surface area contributed by atoms with E-state index in [-0.39, 0.29) is 5.91 Å². The highest BCUT2D eigenvalue weighted by Gasteiger charge is 2.29. The van der Waals surface area contributed by atoms with E-state index in [0.29, 0.717) is 22.8 Å². The molecule has 1 aliphatic heterocycles. The number of benzene rings is 1. The van der Waals surface area contributed by atoms with Gasteiger partial charge < -0.3 is 20.4 Å². The lowest BCUT2D eigenvalue weighted by atomic mass is 10.1. The number of fused-ring (bicyclic) bond motifs is 5. The summed E-state index contributed by atoms with van der Waals surface area (Å²) >= 11 is 0.